The molecule has 1 aliphatic carbocycles. The van der Waals surface area contributed by atoms with E-state index < -0.39 is 0 Å². The third kappa shape index (κ3) is 3.18. The fourth-order valence-corrected chi connectivity index (χ4v) is 4.92. The maximum atomic E-state index is 13.0. The van der Waals surface area contributed by atoms with Crippen LogP contribution in [0.15, 0.2) is 42.5 Å². The second kappa shape index (κ2) is 6.90. The first-order valence-corrected chi connectivity index (χ1v) is 10.7. The molecule has 1 spiro atoms. The van der Waals surface area contributed by atoms with Crippen molar-refractivity contribution in [3.05, 3.63) is 59.2 Å². The lowest BCUT2D eigenvalue weighted by molar-refractivity contribution is -0.118. The van der Waals surface area contributed by atoms with E-state index in [1.165, 1.54) is 11.1 Å². The number of carbonyl (C=O) groups is 2. The van der Waals surface area contributed by atoms with Gasteiger partial charge in [-0.2, -0.15) is 0 Å². The summed E-state index contributed by atoms with van der Waals surface area (Å²) < 4.78 is 0. The molecule has 0 atom stereocenters. The Labute approximate surface area is 171 Å². The number of anilines is 2. The van der Waals surface area contributed by atoms with E-state index in [0.717, 1.165) is 55.7 Å². The van der Waals surface area contributed by atoms with E-state index >= 15 is 0 Å². The molecule has 5 nitrogen and oxygen atoms in total. The Kier molecular flexibility index (Phi) is 4.34. The number of aryl methyl sites for hydroxylation is 1. The van der Waals surface area contributed by atoms with Gasteiger partial charge in [-0.1, -0.05) is 31.2 Å². The van der Waals surface area contributed by atoms with Gasteiger partial charge >= 0.3 is 6.03 Å². The number of hydrogen-bond donors (Lipinski definition) is 1. The van der Waals surface area contributed by atoms with E-state index in [2.05, 4.69) is 36.5 Å². The molecule has 0 aromatic heterocycles. The van der Waals surface area contributed by atoms with Gasteiger partial charge < -0.3 is 15.1 Å². The van der Waals surface area contributed by atoms with E-state index in [-0.39, 0.29) is 17.4 Å². The summed E-state index contributed by atoms with van der Waals surface area (Å²) in [6, 6.07) is 14.4. The predicted molar refractivity (Wildman–Crippen MR) is 114 cm³/mol. The van der Waals surface area contributed by atoms with Crippen LogP contribution in [0, 0.1) is 0 Å². The number of rotatable bonds is 3. The number of fused-ring (bicyclic) bond motifs is 3. The topological polar surface area (TPSA) is 52.7 Å². The molecule has 0 saturated heterocycles. The molecule has 150 valence electrons. The number of benzene rings is 2. The van der Waals surface area contributed by atoms with E-state index in [0.29, 0.717) is 13.0 Å². The first kappa shape index (κ1) is 18.2. The molecule has 0 radical (unpaired) electrons. The van der Waals surface area contributed by atoms with Crippen molar-refractivity contribution in [3.63, 3.8) is 0 Å². The highest BCUT2D eigenvalue weighted by Gasteiger charge is 2.49. The smallest absolute Gasteiger partial charge is 0.319 e. The second-order valence-corrected chi connectivity index (χ2v) is 8.61. The largest absolute Gasteiger partial charge is 0.322 e. The van der Waals surface area contributed by atoms with Crippen LogP contribution in [-0.4, -0.2) is 29.9 Å². The molecular weight excluding hydrogens is 362 g/mol. The van der Waals surface area contributed by atoms with E-state index in [9.17, 15) is 9.59 Å². The molecule has 2 aliphatic heterocycles. The number of nitrogens with zero attached hydrogens (tertiary/aromatic N) is 2. The van der Waals surface area contributed by atoms with Gasteiger partial charge in [0.15, 0.2) is 0 Å². The van der Waals surface area contributed by atoms with Crippen molar-refractivity contribution < 1.29 is 9.59 Å². The Balaban J connectivity index is 1.34. The molecule has 1 saturated carbocycles. The van der Waals surface area contributed by atoms with Crippen LogP contribution in [0.25, 0.3) is 0 Å². The average molecular weight is 389 g/mol. The fraction of sp³-hybridized carbons (Fsp3) is 0.417. The first-order valence-electron chi connectivity index (χ1n) is 10.7. The number of nitrogens with one attached hydrogen (secondary N) is 1. The van der Waals surface area contributed by atoms with Crippen molar-refractivity contribution in [2.24, 2.45) is 0 Å². The van der Waals surface area contributed by atoms with Crippen LogP contribution in [0.3, 0.4) is 0 Å². The average Bonchev–Trinajstić information content (AvgIpc) is 3.50. The van der Waals surface area contributed by atoms with Gasteiger partial charge in [0.1, 0.15) is 0 Å². The lowest BCUT2D eigenvalue weighted by atomic mass is 9.87. The Morgan fingerprint density at radius 2 is 1.93 bits per heavy atom. The van der Waals surface area contributed by atoms with Crippen molar-refractivity contribution in [1.82, 2.24) is 4.90 Å². The molecule has 1 N–H and O–H groups in total. The van der Waals surface area contributed by atoms with Crippen molar-refractivity contribution >= 4 is 23.3 Å². The monoisotopic (exact) mass is 389 g/mol. The summed E-state index contributed by atoms with van der Waals surface area (Å²) in [7, 11) is 0. The highest BCUT2D eigenvalue weighted by Crippen LogP contribution is 2.52. The Bertz CT molecular complexity index is 980. The normalized spacial score (nSPS) is 19.0. The summed E-state index contributed by atoms with van der Waals surface area (Å²) in [5.41, 5.74) is 5.80. The molecule has 5 heteroatoms. The number of carbonyl (C=O) groups excluding carboxylic acids is 2. The third-order valence-corrected chi connectivity index (χ3v) is 6.56. The summed E-state index contributed by atoms with van der Waals surface area (Å²) in [6.07, 6.45) is 4.53. The van der Waals surface area contributed by atoms with Crippen LogP contribution in [-0.2, 0) is 23.2 Å². The molecule has 2 heterocycles. The standard InChI is InChI=1S/C24H27N3O2/c1-2-13-27-21-9-8-19(14-17(21)7-10-22(27)28)25-23(29)26-15-18-5-3-4-6-20(18)24(16-26)11-12-24/h3-6,8-9,14H,2,7,10-13,15-16H2,1H3,(H,25,29). The second-order valence-electron chi connectivity index (χ2n) is 8.61. The highest BCUT2D eigenvalue weighted by atomic mass is 16.2. The van der Waals surface area contributed by atoms with Gasteiger partial charge in [-0.25, -0.2) is 4.79 Å². The SMILES string of the molecule is CCCN1C(=O)CCc2cc(NC(=O)N3Cc4ccccc4C4(CC4)C3)ccc21. The van der Waals surface area contributed by atoms with Gasteiger partial charge in [-0.3, -0.25) is 4.79 Å². The van der Waals surface area contributed by atoms with Crippen LogP contribution in [0.4, 0.5) is 16.2 Å². The van der Waals surface area contributed by atoms with Gasteiger partial charge in [0.2, 0.25) is 5.91 Å². The van der Waals surface area contributed by atoms with Crippen LogP contribution in [0.5, 0.6) is 0 Å². The lowest BCUT2D eigenvalue weighted by Gasteiger charge is -2.35. The molecular formula is C24H27N3O2. The van der Waals surface area contributed by atoms with Crippen molar-refractivity contribution in [3.8, 4) is 0 Å². The van der Waals surface area contributed by atoms with Crippen LogP contribution in [0.2, 0.25) is 0 Å². The molecule has 29 heavy (non-hydrogen) atoms. The maximum Gasteiger partial charge on any atom is 0.322 e. The summed E-state index contributed by atoms with van der Waals surface area (Å²) in [6.45, 7) is 4.28. The van der Waals surface area contributed by atoms with Crippen molar-refractivity contribution in [2.45, 2.75) is 51.0 Å². The zero-order valence-corrected chi connectivity index (χ0v) is 16.9. The molecule has 3 amide bonds. The number of amides is 3. The Morgan fingerprint density at radius 1 is 1.10 bits per heavy atom. The fourth-order valence-electron chi connectivity index (χ4n) is 4.92. The third-order valence-electron chi connectivity index (χ3n) is 6.56. The van der Waals surface area contributed by atoms with Gasteiger partial charge in [0, 0.05) is 42.8 Å². The summed E-state index contributed by atoms with van der Waals surface area (Å²) in [5.74, 6) is 0.192. The van der Waals surface area contributed by atoms with Crippen LogP contribution in [0.1, 0.15) is 49.3 Å². The molecule has 1 fully saturated rings. The number of urea groups is 1. The van der Waals surface area contributed by atoms with Gasteiger partial charge in [-0.05, 0) is 60.6 Å². The van der Waals surface area contributed by atoms with Crippen LogP contribution >= 0.6 is 0 Å². The quantitative estimate of drug-likeness (QED) is 0.843. The Morgan fingerprint density at radius 3 is 2.72 bits per heavy atom. The maximum absolute atomic E-state index is 13.0. The molecule has 0 unspecified atom stereocenters. The summed E-state index contributed by atoms with van der Waals surface area (Å²) >= 11 is 0. The minimum absolute atomic E-state index is 0.0389. The Hall–Kier alpha value is -2.82. The minimum atomic E-state index is -0.0389. The molecule has 3 aliphatic rings. The molecule has 0 bridgehead atoms. The predicted octanol–water partition coefficient (Wildman–Crippen LogP) is 4.46. The lowest BCUT2D eigenvalue weighted by Crippen LogP contribution is -2.43. The zero-order chi connectivity index (χ0) is 20.0. The summed E-state index contributed by atoms with van der Waals surface area (Å²) in [4.78, 5) is 29.1. The molecule has 2 aromatic rings. The van der Waals surface area contributed by atoms with E-state index in [1.54, 1.807) is 0 Å². The van der Waals surface area contributed by atoms with Gasteiger partial charge in [0.25, 0.3) is 0 Å². The van der Waals surface area contributed by atoms with Gasteiger partial charge in [0.05, 0.1) is 0 Å². The van der Waals surface area contributed by atoms with Crippen molar-refractivity contribution in [2.75, 3.05) is 23.3 Å². The molecule has 2 aromatic carbocycles. The summed E-state index contributed by atoms with van der Waals surface area (Å²) in [5, 5.41) is 3.10. The number of hydrogen-bond acceptors (Lipinski definition) is 2. The zero-order valence-electron chi connectivity index (χ0n) is 16.9. The van der Waals surface area contributed by atoms with Crippen LogP contribution < -0.4 is 10.2 Å². The van der Waals surface area contributed by atoms with E-state index in [1.807, 2.05) is 28.0 Å². The first-order chi connectivity index (χ1) is 14.1. The van der Waals surface area contributed by atoms with E-state index in [4.69, 9.17) is 0 Å². The minimum Gasteiger partial charge on any atom is -0.319 e. The highest BCUT2D eigenvalue weighted by molar-refractivity contribution is 5.97. The van der Waals surface area contributed by atoms with Gasteiger partial charge in [-0.15, -0.1) is 0 Å². The molecule has 5 rings (SSSR count). The van der Waals surface area contributed by atoms with Crippen molar-refractivity contribution in [1.29, 1.82) is 0 Å².